The van der Waals surface area contributed by atoms with Gasteiger partial charge in [-0.15, -0.1) is 24.0 Å². The molecule has 2 rings (SSSR count). The predicted molar refractivity (Wildman–Crippen MR) is 146 cm³/mol. The minimum Gasteiger partial charge on any atom is -0.385 e. The fraction of sp³-hybridized carbons (Fsp3) is 0.708. The lowest BCUT2D eigenvalue weighted by Gasteiger charge is -2.34. The Morgan fingerprint density at radius 1 is 1.03 bits per heavy atom. The molecule has 1 aliphatic heterocycles. The number of nitrogens with zero attached hydrogens (tertiary/aromatic N) is 4. The summed E-state index contributed by atoms with van der Waals surface area (Å²) in [5.41, 5.74) is 2.71. The molecule has 0 bridgehead atoms. The maximum atomic E-state index is 5.13. The molecule has 1 fully saturated rings. The zero-order valence-electron chi connectivity index (χ0n) is 20.6. The van der Waals surface area contributed by atoms with Crippen LogP contribution in [0.1, 0.15) is 31.4 Å². The highest BCUT2D eigenvalue weighted by Crippen LogP contribution is 2.14. The second-order valence-electron chi connectivity index (χ2n) is 8.25. The Kier molecular flexibility index (Phi) is 15.9. The Balaban J connectivity index is 0.00000512. The minimum absolute atomic E-state index is 0. The third kappa shape index (κ3) is 11.3. The van der Waals surface area contributed by atoms with Crippen LogP contribution >= 0.6 is 24.0 Å². The van der Waals surface area contributed by atoms with Crippen LogP contribution in [-0.2, 0) is 17.8 Å². The summed E-state index contributed by atoms with van der Waals surface area (Å²) in [6, 6.07) is 8.74. The summed E-state index contributed by atoms with van der Waals surface area (Å²) in [4.78, 5) is 12.3. The quantitative estimate of drug-likeness (QED) is 0.167. The molecule has 0 spiro atoms. The van der Waals surface area contributed by atoms with E-state index in [0.29, 0.717) is 6.54 Å². The standard InChI is InChI=1S/C24H44N6O.HI/c1-5-25-24(26-12-14-28(3)13-9-19-31-4)27-20-22-10-7-8-11-23(22)21-30-17-15-29(6-2)16-18-30;/h7-8,10-11H,5-6,9,12-21H2,1-4H3,(H2,25,26,27);1H. The number of halogens is 1. The van der Waals surface area contributed by atoms with Crippen molar-refractivity contribution < 1.29 is 4.74 Å². The summed E-state index contributed by atoms with van der Waals surface area (Å²) in [6.07, 6.45) is 1.06. The zero-order valence-corrected chi connectivity index (χ0v) is 22.9. The van der Waals surface area contributed by atoms with E-state index in [1.165, 1.54) is 24.2 Å². The third-order valence-corrected chi connectivity index (χ3v) is 5.85. The van der Waals surface area contributed by atoms with E-state index in [0.717, 1.165) is 71.3 Å². The molecule has 7 nitrogen and oxygen atoms in total. The molecule has 32 heavy (non-hydrogen) atoms. The number of benzene rings is 1. The number of methoxy groups -OCH3 is 1. The molecule has 1 heterocycles. The van der Waals surface area contributed by atoms with E-state index in [1.54, 1.807) is 7.11 Å². The summed E-state index contributed by atoms with van der Waals surface area (Å²) in [6.45, 7) is 16.4. The highest BCUT2D eigenvalue weighted by atomic mass is 127. The predicted octanol–water partition coefficient (Wildman–Crippen LogP) is 2.47. The number of hydrogen-bond donors (Lipinski definition) is 2. The monoisotopic (exact) mass is 560 g/mol. The van der Waals surface area contributed by atoms with Crippen molar-refractivity contribution in [2.24, 2.45) is 4.99 Å². The molecule has 2 N–H and O–H groups in total. The van der Waals surface area contributed by atoms with Gasteiger partial charge in [0, 0.05) is 72.6 Å². The molecule has 0 atom stereocenters. The Morgan fingerprint density at radius 3 is 2.38 bits per heavy atom. The lowest BCUT2D eigenvalue weighted by atomic mass is 10.1. The number of hydrogen-bond acceptors (Lipinski definition) is 5. The van der Waals surface area contributed by atoms with Crippen LogP contribution in [0.4, 0.5) is 0 Å². The molecule has 1 aromatic rings. The van der Waals surface area contributed by atoms with Crippen molar-refractivity contribution in [3.63, 3.8) is 0 Å². The van der Waals surface area contributed by atoms with Gasteiger partial charge in [-0.2, -0.15) is 0 Å². The van der Waals surface area contributed by atoms with Gasteiger partial charge in [-0.1, -0.05) is 31.2 Å². The largest absolute Gasteiger partial charge is 0.385 e. The van der Waals surface area contributed by atoms with Gasteiger partial charge in [-0.25, -0.2) is 4.99 Å². The lowest BCUT2D eigenvalue weighted by molar-refractivity contribution is 0.131. The minimum atomic E-state index is 0. The Morgan fingerprint density at radius 2 is 1.72 bits per heavy atom. The van der Waals surface area contributed by atoms with Crippen LogP contribution in [0.3, 0.4) is 0 Å². The smallest absolute Gasteiger partial charge is 0.191 e. The van der Waals surface area contributed by atoms with Crippen LogP contribution in [0.5, 0.6) is 0 Å². The second kappa shape index (κ2) is 17.5. The SMILES string of the molecule is CCNC(=NCc1ccccc1CN1CCN(CC)CC1)NCCN(C)CCCOC.I. The van der Waals surface area contributed by atoms with Gasteiger partial charge in [0.15, 0.2) is 5.96 Å². The van der Waals surface area contributed by atoms with E-state index in [-0.39, 0.29) is 24.0 Å². The van der Waals surface area contributed by atoms with Gasteiger partial charge in [0.1, 0.15) is 0 Å². The maximum Gasteiger partial charge on any atom is 0.191 e. The van der Waals surface area contributed by atoms with Gasteiger partial charge in [0.25, 0.3) is 0 Å². The van der Waals surface area contributed by atoms with Crippen molar-refractivity contribution >= 4 is 29.9 Å². The fourth-order valence-corrected chi connectivity index (χ4v) is 3.83. The van der Waals surface area contributed by atoms with Crippen molar-refractivity contribution in [1.82, 2.24) is 25.3 Å². The molecule has 0 amide bonds. The lowest BCUT2D eigenvalue weighted by Crippen LogP contribution is -2.45. The number of rotatable bonds is 13. The van der Waals surface area contributed by atoms with Crippen LogP contribution in [0, 0.1) is 0 Å². The Hall–Kier alpha value is -0.940. The molecule has 0 unspecified atom stereocenters. The first-order valence-corrected chi connectivity index (χ1v) is 11.9. The Labute approximate surface area is 213 Å². The van der Waals surface area contributed by atoms with Crippen LogP contribution < -0.4 is 10.6 Å². The van der Waals surface area contributed by atoms with E-state index in [1.807, 2.05) is 0 Å². The molecular formula is C24H45IN6O. The molecule has 1 saturated heterocycles. The second-order valence-corrected chi connectivity index (χ2v) is 8.25. The van der Waals surface area contributed by atoms with Gasteiger partial charge in [0.05, 0.1) is 6.54 Å². The molecule has 8 heteroatoms. The number of nitrogens with one attached hydrogen (secondary N) is 2. The molecular weight excluding hydrogens is 515 g/mol. The Bertz CT molecular complexity index is 637. The number of piperazine rings is 1. The first-order valence-electron chi connectivity index (χ1n) is 11.9. The number of ether oxygens (including phenoxy) is 1. The van der Waals surface area contributed by atoms with Crippen molar-refractivity contribution in [3.8, 4) is 0 Å². The fourth-order valence-electron chi connectivity index (χ4n) is 3.83. The normalized spacial score (nSPS) is 15.6. The van der Waals surface area contributed by atoms with Crippen LogP contribution in [0.25, 0.3) is 0 Å². The number of aliphatic imine (C=N–C) groups is 1. The van der Waals surface area contributed by atoms with Crippen LogP contribution in [0.15, 0.2) is 29.3 Å². The highest BCUT2D eigenvalue weighted by molar-refractivity contribution is 14.0. The third-order valence-electron chi connectivity index (χ3n) is 5.85. The summed E-state index contributed by atoms with van der Waals surface area (Å²) < 4.78 is 5.13. The van der Waals surface area contributed by atoms with Crippen molar-refractivity contribution in [2.45, 2.75) is 33.4 Å². The van der Waals surface area contributed by atoms with Crippen LogP contribution in [0.2, 0.25) is 0 Å². The number of guanidine groups is 1. The molecule has 1 aromatic carbocycles. The first-order chi connectivity index (χ1) is 15.2. The summed E-state index contributed by atoms with van der Waals surface area (Å²) in [7, 11) is 3.91. The van der Waals surface area contributed by atoms with E-state index >= 15 is 0 Å². The average Bonchev–Trinajstić information content (AvgIpc) is 2.79. The van der Waals surface area contributed by atoms with Gasteiger partial charge in [-0.3, -0.25) is 4.90 Å². The van der Waals surface area contributed by atoms with E-state index in [9.17, 15) is 0 Å². The van der Waals surface area contributed by atoms with Crippen molar-refractivity contribution in [3.05, 3.63) is 35.4 Å². The molecule has 0 saturated carbocycles. The summed E-state index contributed by atoms with van der Waals surface area (Å²) in [5.74, 6) is 0.888. The van der Waals surface area contributed by atoms with Crippen LogP contribution in [-0.4, -0.2) is 100 Å². The summed E-state index contributed by atoms with van der Waals surface area (Å²) >= 11 is 0. The van der Waals surface area contributed by atoms with E-state index in [4.69, 9.17) is 9.73 Å². The van der Waals surface area contributed by atoms with Gasteiger partial charge >= 0.3 is 0 Å². The molecule has 0 aliphatic carbocycles. The van der Waals surface area contributed by atoms with Gasteiger partial charge < -0.3 is 25.2 Å². The molecule has 0 aromatic heterocycles. The molecule has 184 valence electrons. The molecule has 0 radical (unpaired) electrons. The zero-order chi connectivity index (χ0) is 22.3. The van der Waals surface area contributed by atoms with Gasteiger partial charge in [-0.05, 0) is 38.1 Å². The van der Waals surface area contributed by atoms with E-state index < -0.39 is 0 Å². The summed E-state index contributed by atoms with van der Waals surface area (Å²) in [5, 5.41) is 6.85. The first kappa shape index (κ1) is 29.1. The maximum absolute atomic E-state index is 5.13. The van der Waals surface area contributed by atoms with Gasteiger partial charge in [0.2, 0.25) is 0 Å². The number of likely N-dealkylation sites (N-methyl/N-ethyl adjacent to an activating group) is 2. The van der Waals surface area contributed by atoms with E-state index in [2.05, 4.69) is 70.5 Å². The van der Waals surface area contributed by atoms with Crippen molar-refractivity contribution in [2.75, 3.05) is 79.7 Å². The topological polar surface area (TPSA) is 55.4 Å². The molecule has 1 aliphatic rings. The highest BCUT2D eigenvalue weighted by Gasteiger charge is 2.16. The van der Waals surface area contributed by atoms with Crippen molar-refractivity contribution in [1.29, 1.82) is 0 Å². The average molecular weight is 561 g/mol.